The summed E-state index contributed by atoms with van der Waals surface area (Å²) in [7, 11) is 0. The lowest BCUT2D eigenvalue weighted by Crippen LogP contribution is -2.38. The minimum Gasteiger partial charge on any atom is -0.363 e. The number of rotatable bonds is 3. The van der Waals surface area contributed by atoms with Gasteiger partial charge in [0.25, 0.3) is 0 Å². The number of fused-ring (bicyclic) bond motifs is 1. The fourth-order valence-electron chi connectivity index (χ4n) is 2.79. The minimum absolute atomic E-state index is 0.347. The molecule has 7 nitrogen and oxygen atoms in total. The van der Waals surface area contributed by atoms with Crippen LogP contribution < -0.4 is 10.6 Å². The number of aromatic nitrogens is 5. The van der Waals surface area contributed by atoms with Crippen molar-refractivity contribution >= 4 is 23.1 Å². The molecule has 0 bridgehead atoms. The van der Waals surface area contributed by atoms with Crippen LogP contribution in [-0.2, 0) is 0 Å². The first kappa shape index (κ1) is 13.5. The number of imidazole rings is 1. The van der Waals surface area contributed by atoms with Gasteiger partial charge in [-0.2, -0.15) is 5.10 Å². The van der Waals surface area contributed by atoms with Crippen LogP contribution in [0.25, 0.3) is 16.9 Å². The average Bonchev–Trinajstić information content (AvgIpc) is 3.22. The van der Waals surface area contributed by atoms with Crippen LogP contribution in [0.4, 0.5) is 5.82 Å². The van der Waals surface area contributed by atoms with Crippen LogP contribution >= 0.6 is 11.6 Å². The van der Waals surface area contributed by atoms with Crippen molar-refractivity contribution in [3.8, 4) is 11.3 Å². The number of aromatic amines is 1. The van der Waals surface area contributed by atoms with Crippen molar-refractivity contribution in [3.05, 3.63) is 29.9 Å². The summed E-state index contributed by atoms with van der Waals surface area (Å²) in [5.41, 5.74) is 2.28. The highest BCUT2D eigenvalue weighted by molar-refractivity contribution is 6.32. The van der Waals surface area contributed by atoms with Gasteiger partial charge in [0.1, 0.15) is 10.8 Å². The van der Waals surface area contributed by atoms with Crippen LogP contribution in [0.3, 0.4) is 0 Å². The highest BCUT2D eigenvalue weighted by Crippen LogP contribution is 2.29. The zero-order chi connectivity index (χ0) is 14.9. The number of nitrogens with one attached hydrogen (secondary N) is 3. The Kier molecular flexibility index (Phi) is 3.44. The lowest BCUT2D eigenvalue weighted by molar-refractivity contribution is 0.479. The molecule has 1 aliphatic heterocycles. The molecule has 0 spiro atoms. The molecule has 1 aliphatic rings. The Labute approximate surface area is 132 Å². The predicted octanol–water partition coefficient (Wildman–Crippen LogP) is 1.94. The monoisotopic (exact) mass is 317 g/mol. The van der Waals surface area contributed by atoms with E-state index in [1.165, 1.54) is 0 Å². The van der Waals surface area contributed by atoms with Crippen molar-refractivity contribution in [2.75, 3.05) is 18.4 Å². The third-order valence-electron chi connectivity index (χ3n) is 3.89. The molecule has 1 fully saturated rings. The van der Waals surface area contributed by atoms with E-state index in [-0.39, 0.29) is 0 Å². The summed E-state index contributed by atoms with van der Waals surface area (Å²) in [6.45, 7) is 2.00. The normalized spacial score (nSPS) is 18.7. The van der Waals surface area contributed by atoms with E-state index in [0.717, 1.165) is 43.0 Å². The van der Waals surface area contributed by atoms with Crippen molar-refractivity contribution in [1.82, 2.24) is 29.9 Å². The summed E-state index contributed by atoms with van der Waals surface area (Å²) in [6, 6.07) is 0.347. The maximum Gasteiger partial charge on any atom is 0.181 e. The Balaban J connectivity index is 1.79. The molecule has 114 valence electrons. The molecule has 22 heavy (non-hydrogen) atoms. The van der Waals surface area contributed by atoms with E-state index in [4.69, 9.17) is 16.6 Å². The van der Waals surface area contributed by atoms with Gasteiger partial charge in [0.2, 0.25) is 0 Å². The highest BCUT2D eigenvalue weighted by atomic mass is 35.5. The van der Waals surface area contributed by atoms with E-state index >= 15 is 0 Å². The predicted molar refractivity (Wildman–Crippen MR) is 85.1 cm³/mol. The third kappa shape index (κ3) is 2.32. The lowest BCUT2D eigenvalue weighted by atomic mass is 10.1. The second-order valence-corrected chi connectivity index (χ2v) is 5.75. The Bertz CT molecular complexity index is 774. The fraction of sp³-hybridized carbons (Fsp3) is 0.357. The largest absolute Gasteiger partial charge is 0.363 e. The van der Waals surface area contributed by atoms with Gasteiger partial charge in [-0.05, 0) is 19.4 Å². The molecule has 3 aromatic rings. The smallest absolute Gasteiger partial charge is 0.181 e. The number of hydrogen-bond acceptors (Lipinski definition) is 5. The molecular formula is C14H16ClN7. The third-order valence-corrected chi connectivity index (χ3v) is 4.25. The van der Waals surface area contributed by atoms with Gasteiger partial charge in [-0.3, -0.25) is 9.50 Å². The van der Waals surface area contributed by atoms with Crippen molar-refractivity contribution < 1.29 is 0 Å². The van der Waals surface area contributed by atoms with Crippen molar-refractivity contribution in [3.63, 3.8) is 0 Å². The molecule has 0 unspecified atom stereocenters. The van der Waals surface area contributed by atoms with Gasteiger partial charge >= 0.3 is 0 Å². The van der Waals surface area contributed by atoms with Gasteiger partial charge in [0.05, 0.1) is 6.20 Å². The lowest BCUT2D eigenvalue weighted by Gasteiger charge is -2.24. The van der Waals surface area contributed by atoms with Gasteiger partial charge in [-0.15, -0.1) is 0 Å². The Morgan fingerprint density at radius 1 is 1.41 bits per heavy atom. The number of hydrogen-bond donors (Lipinski definition) is 3. The molecular weight excluding hydrogens is 302 g/mol. The summed E-state index contributed by atoms with van der Waals surface area (Å²) >= 11 is 6.47. The van der Waals surface area contributed by atoms with E-state index in [2.05, 4.69) is 25.8 Å². The van der Waals surface area contributed by atoms with Crippen molar-refractivity contribution in [2.45, 2.75) is 18.9 Å². The second-order valence-electron chi connectivity index (χ2n) is 5.40. The molecule has 4 heterocycles. The number of piperidine rings is 1. The summed E-state index contributed by atoms with van der Waals surface area (Å²) in [6.07, 6.45) is 9.33. The molecule has 0 amide bonds. The van der Waals surface area contributed by atoms with Crippen LogP contribution in [0.5, 0.6) is 0 Å². The molecule has 3 aromatic heterocycles. The van der Waals surface area contributed by atoms with E-state index in [0.29, 0.717) is 16.9 Å². The summed E-state index contributed by atoms with van der Waals surface area (Å²) in [4.78, 5) is 9.07. The van der Waals surface area contributed by atoms with Crippen LogP contribution in [0, 0.1) is 0 Å². The number of nitrogens with zero attached hydrogens (tertiary/aromatic N) is 4. The summed E-state index contributed by atoms with van der Waals surface area (Å²) < 4.78 is 1.84. The van der Waals surface area contributed by atoms with Crippen LogP contribution in [0.2, 0.25) is 5.15 Å². The number of anilines is 1. The average molecular weight is 318 g/mol. The summed E-state index contributed by atoms with van der Waals surface area (Å²) in [5, 5.41) is 14.2. The first-order valence-corrected chi connectivity index (χ1v) is 7.69. The van der Waals surface area contributed by atoms with E-state index in [1.54, 1.807) is 18.6 Å². The molecule has 1 saturated heterocycles. The first-order valence-electron chi connectivity index (χ1n) is 7.32. The molecule has 1 atom stereocenters. The SMILES string of the molecule is Clc1c(-c2cn[nH]c2)nc(N[C@H]2CCCNC2)c2nccn12. The molecule has 0 aliphatic carbocycles. The van der Waals surface area contributed by atoms with Crippen molar-refractivity contribution in [1.29, 1.82) is 0 Å². The van der Waals surface area contributed by atoms with Gasteiger partial charge < -0.3 is 10.6 Å². The number of H-pyrrole nitrogens is 1. The molecule has 0 radical (unpaired) electrons. The zero-order valence-corrected chi connectivity index (χ0v) is 12.6. The van der Waals surface area contributed by atoms with Gasteiger partial charge in [-0.1, -0.05) is 11.6 Å². The molecule has 4 rings (SSSR count). The quantitative estimate of drug-likeness (QED) is 0.687. The molecule has 3 N–H and O–H groups in total. The van der Waals surface area contributed by atoms with Gasteiger partial charge in [0.15, 0.2) is 11.5 Å². The van der Waals surface area contributed by atoms with E-state index in [9.17, 15) is 0 Å². The number of halogens is 1. The van der Waals surface area contributed by atoms with Gasteiger partial charge in [-0.25, -0.2) is 9.97 Å². The molecule has 8 heteroatoms. The van der Waals surface area contributed by atoms with Crippen LogP contribution in [-0.4, -0.2) is 43.7 Å². The standard InChI is InChI=1S/C14H16ClN7/c15-12-11(9-6-18-19-7-9)21-13(14-17-4-5-22(12)14)20-10-2-1-3-16-8-10/h4-7,10,16H,1-3,8H2,(H,18,19)(H,20,21)/t10-/m0/s1. The van der Waals surface area contributed by atoms with E-state index in [1.807, 2.05) is 10.6 Å². The highest BCUT2D eigenvalue weighted by Gasteiger charge is 2.19. The zero-order valence-electron chi connectivity index (χ0n) is 11.9. The minimum atomic E-state index is 0.347. The van der Waals surface area contributed by atoms with Crippen LogP contribution in [0.1, 0.15) is 12.8 Å². The van der Waals surface area contributed by atoms with Crippen molar-refractivity contribution in [2.24, 2.45) is 0 Å². The fourth-order valence-corrected chi connectivity index (χ4v) is 3.08. The topological polar surface area (TPSA) is 82.9 Å². The first-order chi connectivity index (χ1) is 10.8. The Morgan fingerprint density at radius 2 is 2.36 bits per heavy atom. The van der Waals surface area contributed by atoms with E-state index < -0.39 is 0 Å². The maximum atomic E-state index is 6.47. The Hall–Kier alpha value is -2.12. The Morgan fingerprint density at radius 3 is 3.14 bits per heavy atom. The van der Waals surface area contributed by atoms with Gasteiger partial charge in [0, 0.05) is 36.7 Å². The molecule has 0 aromatic carbocycles. The maximum absolute atomic E-state index is 6.47. The second kappa shape index (κ2) is 5.58. The van der Waals surface area contributed by atoms with Crippen LogP contribution in [0.15, 0.2) is 24.8 Å². The molecule has 0 saturated carbocycles. The summed E-state index contributed by atoms with van der Waals surface area (Å²) in [5.74, 6) is 0.749.